The van der Waals surface area contributed by atoms with E-state index in [1.807, 2.05) is 0 Å². The van der Waals surface area contributed by atoms with Crippen LogP contribution >= 0.6 is 0 Å². The number of nitrogens with zero attached hydrogens (tertiary/aromatic N) is 3. The lowest BCUT2D eigenvalue weighted by atomic mass is 10.1. The summed E-state index contributed by atoms with van der Waals surface area (Å²) in [6.07, 6.45) is 4.88. The van der Waals surface area contributed by atoms with E-state index in [1.54, 1.807) is 35.2 Å². The maximum absolute atomic E-state index is 12.3. The zero-order chi connectivity index (χ0) is 17.1. The van der Waals surface area contributed by atoms with Gasteiger partial charge in [-0.25, -0.2) is 0 Å². The molecule has 0 fully saturated rings. The first-order valence-electron chi connectivity index (χ1n) is 7.41. The molecule has 0 unspecified atom stereocenters. The van der Waals surface area contributed by atoms with Gasteiger partial charge < -0.3 is 10.0 Å². The van der Waals surface area contributed by atoms with E-state index in [1.165, 1.54) is 18.3 Å². The van der Waals surface area contributed by atoms with E-state index in [0.717, 1.165) is 11.3 Å². The second kappa shape index (κ2) is 6.49. The van der Waals surface area contributed by atoms with Crippen molar-refractivity contribution in [2.75, 3.05) is 6.54 Å². The van der Waals surface area contributed by atoms with Crippen molar-refractivity contribution in [2.24, 2.45) is 0 Å². The Balaban J connectivity index is 1.73. The molecule has 2 aromatic rings. The topological polar surface area (TPSA) is 96.6 Å². The average Bonchev–Trinajstić information content (AvgIpc) is 2.58. The fourth-order valence-electron chi connectivity index (χ4n) is 2.60. The smallest absolute Gasteiger partial charge is 0.287 e. The third-order valence-corrected chi connectivity index (χ3v) is 3.84. The van der Waals surface area contributed by atoms with E-state index < -0.39 is 4.92 Å². The van der Waals surface area contributed by atoms with Crippen molar-refractivity contribution in [3.8, 4) is 5.75 Å². The van der Waals surface area contributed by atoms with Gasteiger partial charge in [0.2, 0.25) is 5.91 Å². The van der Waals surface area contributed by atoms with Crippen LogP contribution in [0.1, 0.15) is 16.8 Å². The summed E-state index contributed by atoms with van der Waals surface area (Å²) in [7, 11) is 0. The van der Waals surface area contributed by atoms with Crippen LogP contribution in [0, 0.1) is 10.1 Å². The molecule has 3 rings (SSSR count). The number of aromatic nitrogens is 1. The standard InChI is InChI=1S/C17H15N3O4/c21-15-3-1-2-12(8-15)4-5-17(22)19-7-6-16-13(11-19)9-14(10-18-16)20(23)24/h1-5,8-10,21H,6-7,11H2. The third-order valence-electron chi connectivity index (χ3n) is 3.84. The molecule has 1 aliphatic rings. The number of aromatic hydroxyl groups is 1. The largest absolute Gasteiger partial charge is 0.508 e. The second-order valence-corrected chi connectivity index (χ2v) is 5.49. The second-order valence-electron chi connectivity index (χ2n) is 5.49. The normalized spacial score (nSPS) is 13.8. The maximum atomic E-state index is 12.3. The predicted octanol–water partition coefficient (Wildman–Crippen LogP) is 2.29. The third kappa shape index (κ3) is 3.40. The molecule has 7 nitrogen and oxygen atoms in total. The summed E-state index contributed by atoms with van der Waals surface area (Å²) in [4.78, 5) is 28.4. The minimum Gasteiger partial charge on any atom is -0.508 e. The van der Waals surface area contributed by atoms with Crippen molar-refractivity contribution < 1.29 is 14.8 Å². The lowest BCUT2D eigenvalue weighted by Gasteiger charge is -2.27. The Morgan fingerprint density at radius 3 is 2.96 bits per heavy atom. The highest BCUT2D eigenvalue weighted by molar-refractivity contribution is 5.92. The van der Waals surface area contributed by atoms with Gasteiger partial charge in [-0.1, -0.05) is 12.1 Å². The molecule has 0 atom stereocenters. The summed E-state index contributed by atoms with van der Waals surface area (Å²) >= 11 is 0. The van der Waals surface area contributed by atoms with Crippen LogP contribution in [0.15, 0.2) is 42.6 Å². The van der Waals surface area contributed by atoms with Gasteiger partial charge in [-0.2, -0.15) is 0 Å². The van der Waals surface area contributed by atoms with Crippen LogP contribution in [-0.2, 0) is 17.8 Å². The molecule has 1 aromatic heterocycles. The van der Waals surface area contributed by atoms with Crippen LogP contribution < -0.4 is 0 Å². The van der Waals surface area contributed by atoms with Crippen LogP contribution in [0.5, 0.6) is 5.75 Å². The summed E-state index contributed by atoms with van der Waals surface area (Å²) in [5.41, 5.74) is 2.15. The first-order chi connectivity index (χ1) is 11.5. The van der Waals surface area contributed by atoms with E-state index in [0.29, 0.717) is 25.1 Å². The minimum absolute atomic E-state index is 0.0710. The zero-order valence-electron chi connectivity index (χ0n) is 12.8. The number of carbonyl (C=O) groups is 1. The summed E-state index contributed by atoms with van der Waals surface area (Å²) < 4.78 is 0. The van der Waals surface area contributed by atoms with Crippen molar-refractivity contribution in [3.63, 3.8) is 0 Å². The lowest BCUT2D eigenvalue weighted by Crippen LogP contribution is -2.35. The van der Waals surface area contributed by atoms with Crippen molar-refractivity contribution in [3.05, 3.63) is 69.5 Å². The molecule has 122 valence electrons. The van der Waals surface area contributed by atoms with E-state index in [-0.39, 0.29) is 17.3 Å². The van der Waals surface area contributed by atoms with Crippen LogP contribution in [0.4, 0.5) is 5.69 Å². The van der Waals surface area contributed by atoms with Crippen molar-refractivity contribution in [2.45, 2.75) is 13.0 Å². The minimum atomic E-state index is -0.490. The van der Waals surface area contributed by atoms with Crippen LogP contribution in [-0.4, -0.2) is 32.4 Å². The Bertz CT molecular complexity index is 832. The monoisotopic (exact) mass is 325 g/mol. The Kier molecular flexibility index (Phi) is 4.24. The summed E-state index contributed by atoms with van der Waals surface area (Å²) in [5.74, 6) is -0.0506. The van der Waals surface area contributed by atoms with Gasteiger partial charge in [0.1, 0.15) is 11.9 Å². The molecule has 0 radical (unpaired) electrons. The molecule has 0 spiro atoms. The number of rotatable bonds is 3. The van der Waals surface area contributed by atoms with E-state index in [4.69, 9.17) is 0 Å². The summed E-state index contributed by atoms with van der Waals surface area (Å²) in [6, 6.07) is 8.06. The molecule has 1 aliphatic heterocycles. The Hall–Kier alpha value is -3.22. The van der Waals surface area contributed by atoms with Gasteiger partial charge in [0, 0.05) is 37.3 Å². The Labute approximate surface area is 138 Å². The number of fused-ring (bicyclic) bond motifs is 1. The molecule has 0 saturated heterocycles. The van der Waals surface area contributed by atoms with Crippen LogP contribution in [0.25, 0.3) is 6.08 Å². The first-order valence-corrected chi connectivity index (χ1v) is 7.41. The number of amides is 1. The molecule has 1 aromatic carbocycles. The summed E-state index contributed by atoms with van der Waals surface area (Å²) in [6.45, 7) is 0.814. The molecule has 1 N–H and O–H groups in total. The zero-order valence-corrected chi connectivity index (χ0v) is 12.8. The fourth-order valence-corrected chi connectivity index (χ4v) is 2.60. The highest BCUT2D eigenvalue weighted by atomic mass is 16.6. The molecule has 0 aliphatic carbocycles. The fraction of sp³-hybridized carbons (Fsp3) is 0.176. The number of hydrogen-bond acceptors (Lipinski definition) is 5. The van der Waals surface area contributed by atoms with Gasteiger partial charge in [0.15, 0.2) is 0 Å². The van der Waals surface area contributed by atoms with Gasteiger partial charge in [-0.3, -0.25) is 19.9 Å². The maximum Gasteiger partial charge on any atom is 0.287 e. The Morgan fingerprint density at radius 1 is 1.38 bits per heavy atom. The molecular formula is C17H15N3O4. The average molecular weight is 325 g/mol. The molecule has 24 heavy (non-hydrogen) atoms. The number of benzene rings is 1. The first kappa shape index (κ1) is 15.7. The van der Waals surface area contributed by atoms with Gasteiger partial charge in [0.25, 0.3) is 5.69 Å². The van der Waals surface area contributed by atoms with Crippen LogP contribution in [0.2, 0.25) is 0 Å². The van der Waals surface area contributed by atoms with Crippen molar-refractivity contribution >= 4 is 17.7 Å². The van der Waals surface area contributed by atoms with Crippen LogP contribution in [0.3, 0.4) is 0 Å². The SMILES string of the molecule is O=C(C=Cc1cccc(O)c1)N1CCc2ncc([N+](=O)[O-])cc2C1. The highest BCUT2D eigenvalue weighted by Gasteiger charge is 2.22. The summed E-state index contributed by atoms with van der Waals surface area (Å²) in [5, 5.41) is 20.3. The number of phenols is 1. The lowest BCUT2D eigenvalue weighted by molar-refractivity contribution is -0.385. The number of phenolic OH excluding ortho intramolecular Hbond substituents is 1. The molecule has 0 saturated carbocycles. The Morgan fingerprint density at radius 2 is 2.21 bits per heavy atom. The number of pyridine rings is 1. The van der Waals surface area contributed by atoms with E-state index >= 15 is 0 Å². The predicted molar refractivity (Wildman–Crippen MR) is 87.2 cm³/mol. The molecule has 7 heteroatoms. The van der Waals surface area contributed by atoms with Gasteiger partial charge in [0.05, 0.1) is 4.92 Å². The van der Waals surface area contributed by atoms with E-state index in [2.05, 4.69) is 4.98 Å². The quantitative estimate of drug-likeness (QED) is 0.530. The number of nitro groups is 1. The molecule has 0 bridgehead atoms. The van der Waals surface area contributed by atoms with Crippen molar-refractivity contribution in [1.82, 2.24) is 9.88 Å². The van der Waals surface area contributed by atoms with Gasteiger partial charge >= 0.3 is 0 Å². The van der Waals surface area contributed by atoms with Crippen molar-refractivity contribution in [1.29, 1.82) is 0 Å². The molecule has 1 amide bonds. The highest BCUT2D eigenvalue weighted by Crippen LogP contribution is 2.22. The van der Waals surface area contributed by atoms with Gasteiger partial charge in [-0.05, 0) is 29.3 Å². The van der Waals surface area contributed by atoms with Gasteiger partial charge in [-0.15, -0.1) is 0 Å². The number of carbonyl (C=O) groups excluding carboxylic acids is 1. The molecular weight excluding hydrogens is 310 g/mol. The number of hydrogen-bond donors (Lipinski definition) is 1. The molecule has 2 heterocycles. The van der Waals surface area contributed by atoms with E-state index in [9.17, 15) is 20.0 Å².